The van der Waals surface area contributed by atoms with Crippen LogP contribution in [-0.2, 0) is 0 Å². The Bertz CT molecular complexity index is 492. The van der Waals surface area contributed by atoms with Crippen molar-refractivity contribution < 1.29 is 14.6 Å². The van der Waals surface area contributed by atoms with E-state index in [0.29, 0.717) is 25.8 Å². The summed E-state index contributed by atoms with van der Waals surface area (Å²) in [7, 11) is 4.23. The van der Waals surface area contributed by atoms with Crippen LogP contribution >= 0.6 is 0 Å². The number of fused-ring (bicyclic) bond motifs is 1. The second kappa shape index (κ2) is 6.22. The largest absolute Gasteiger partial charge is 0.486 e. The number of aliphatic hydroxyl groups is 1. The van der Waals surface area contributed by atoms with E-state index in [1.807, 2.05) is 18.2 Å². The first-order valence-electron chi connectivity index (χ1n) is 7.60. The van der Waals surface area contributed by atoms with E-state index < -0.39 is 6.10 Å². The van der Waals surface area contributed by atoms with E-state index in [0.717, 1.165) is 30.2 Å². The first-order valence-corrected chi connectivity index (χ1v) is 7.60. The third-order valence-corrected chi connectivity index (χ3v) is 4.36. The quantitative estimate of drug-likeness (QED) is 0.901. The fourth-order valence-corrected chi connectivity index (χ4v) is 3.02. The molecule has 1 fully saturated rings. The molecule has 5 nitrogen and oxygen atoms in total. The molecule has 2 atom stereocenters. The van der Waals surface area contributed by atoms with Crippen LogP contribution in [0.25, 0.3) is 0 Å². The normalized spacial score (nSPS) is 23.5. The summed E-state index contributed by atoms with van der Waals surface area (Å²) in [6.07, 6.45) is 0.683. The topological polar surface area (TPSA) is 45.2 Å². The van der Waals surface area contributed by atoms with Crippen molar-refractivity contribution in [3.63, 3.8) is 0 Å². The second-order valence-electron chi connectivity index (χ2n) is 6.08. The third kappa shape index (κ3) is 3.31. The van der Waals surface area contributed by atoms with Crippen molar-refractivity contribution in [2.45, 2.75) is 18.6 Å². The Balaban J connectivity index is 1.62. The molecule has 2 aliphatic heterocycles. The van der Waals surface area contributed by atoms with Gasteiger partial charge in [-0.3, -0.25) is 4.90 Å². The van der Waals surface area contributed by atoms with Gasteiger partial charge in [0.1, 0.15) is 13.2 Å². The summed E-state index contributed by atoms with van der Waals surface area (Å²) in [5, 5.41) is 10.5. The highest BCUT2D eigenvalue weighted by Gasteiger charge is 2.26. The lowest BCUT2D eigenvalue weighted by Crippen LogP contribution is -2.33. The van der Waals surface area contributed by atoms with Gasteiger partial charge in [0.15, 0.2) is 11.5 Å². The summed E-state index contributed by atoms with van der Waals surface area (Å²) in [5.41, 5.74) is 0.896. The van der Waals surface area contributed by atoms with Crippen molar-refractivity contribution in [3.05, 3.63) is 23.8 Å². The Kier molecular flexibility index (Phi) is 4.33. The van der Waals surface area contributed by atoms with Crippen molar-refractivity contribution in [2.75, 3.05) is 46.9 Å². The van der Waals surface area contributed by atoms with Gasteiger partial charge in [0.05, 0.1) is 6.10 Å². The number of rotatable bonds is 4. The zero-order valence-electron chi connectivity index (χ0n) is 12.8. The Labute approximate surface area is 126 Å². The lowest BCUT2D eigenvalue weighted by atomic mass is 10.1. The second-order valence-corrected chi connectivity index (χ2v) is 6.08. The number of hydrogen-bond acceptors (Lipinski definition) is 5. The van der Waals surface area contributed by atoms with Gasteiger partial charge in [-0.2, -0.15) is 0 Å². The Morgan fingerprint density at radius 2 is 2.05 bits per heavy atom. The van der Waals surface area contributed by atoms with Crippen molar-refractivity contribution in [3.8, 4) is 11.5 Å². The minimum absolute atomic E-state index is 0.485. The molecule has 1 saturated heterocycles. The van der Waals surface area contributed by atoms with E-state index in [9.17, 15) is 5.11 Å². The first-order chi connectivity index (χ1) is 10.1. The Morgan fingerprint density at radius 1 is 1.29 bits per heavy atom. The monoisotopic (exact) mass is 292 g/mol. The van der Waals surface area contributed by atoms with E-state index in [1.165, 1.54) is 6.42 Å². The van der Waals surface area contributed by atoms with Crippen LogP contribution in [0.1, 0.15) is 18.1 Å². The van der Waals surface area contributed by atoms with Crippen LogP contribution in [0, 0.1) is 0 Å². The lowest BCUT2D eigenvalue weighted by molar-refractivity contribution is 0.120. The highest BCUT2D eigenvalue weighted by molar-refractivity contribution is 5.44. The molecule has 0 radical (unpaired) electrons. The highest BCUT2D eigenvalue weighted by Crippen LogP contribution is 2.33. The van der Waals surface area contributed by atoms with E-state index in [-0.39, 0.29) is 0 Å². The van der Waals surface area contributed by atoms with E-state index in [1.54, 1.807) is 0 Å². The fourth-order valence-electron chi connectivity index (χ4n) is 3.02. The summed E-state index contributed by atoms with van der Waals surface area (Å²) < 4.78 is 11.1. The summed E-state index contributed by atoms with van der Waals surface area (Å²) in [6, 6.07) is 6.31. The number of likely N-dealkylation sites (tertiary alicyclic amines) is 1. The third-order valence-electron chi connectivity index (χ3n) is 4.36. The van der Waals surface area contributed by atoms with Gasteiger partial charge in [-0.15, -0.1) is 0 Å². The van der Waals surface area contributed by atoms with Crippen molar-refractivity contribution >= 4 is 0 Å². The predicted molar refractivity (Wildman–Crippen MR) is 80.9 cm³/mol. The molecule has 1 N–H and O–H groups in total. The van der Waals surface area contributed by atoms with Gasteiger partial charge in [0, 0.05) is 19.1 Å². The maximum Gasteiger partial charge on any atom is 0.161 e. The van der Waals surface area contributed by atoms with E-state index >= 15 is 0 Å². The minimum atomic E-state index is -0.485. The molecule has 21 heavy (non-hydrogen) atoms. The van der Waals surface area contributed by atoms with Gasteiger partial charge < -0.3 is 19.5 Å². The van der Waals surface area contributed by atoms with E-state index in [4.69, 9.17) is 9.47 Å². The zero-order valence-corrected chi connectivity index (χ0v) is 12.8. The van der Waals surface area contributed by atoms with Crippen LogP contribution in [-0.4, -0.2) is 67.9 Å². The molecule has 5 heteroatoms. The van der Waals surface area contributed by atoms with Crippen molar-refractivity contribution in [2.24, 2.45) is 0 Å². The molecule has 0 saturated carbocycles. The van der Waals surface area contributed by atoms with Crippen LogP contribution in [0.4, 0.5) is 0 Å². The number of nitrogens with zero attached hydrogens (tertiary/aromatic N) is 2. The van der Waals surface area contributed by atoms with Crippen LogP contribution in [0.3, 0.4) is 0 Å². The van der Waals surface area contributed by atoms with Crippen LogP contribution in [0.2, 0.25) is 0 Å². The maximum absolute atomic E-state index is 10.5. The number of aliphatic hydroxyl groups excluding tert-OH is 1. The molecule has 2 heterocycles. The van der Waals surface area contributed by atoms with E-state index in [2.05, 4.69) is 23.9 Å². The van der Waals surface area contributed by atoms with Gasteiger partial charge in [-0.25, -0.2) is 0 Å². The maximum atomic E-state index is 10.5. The number of hydrogen-bond donors (Lipinski definition) is 1. The predicted octanol–water partition coefficient (Wildman–Crippen LogP) is 1.13. The molecular weight excluding hydrogens is 268 g/mol. The summed E-state index contributed by atoms with van der Waals surface area (Å²) in [6.45, 7) is 3.90. The standard InChI is InChI=1S/C16H24N2O3/c1-17(2)13-5-6-18(10-13)11-14(19)12-3-4-15-16(9-12)21-8-7-20-15/h3-4,9,13-14,19H,5-8,10-11H2,1-2H3. The Hall–Kier alpha value is -1.30. The zero-order chi connectivity index (χ0) is 14.8. The average Bonchev–Trinajstić information content (AvgIpc) is 2.95. The van der Waals surface area contributed by atoms with Gasteiger partial charge in [-0.05, 0) is 44.8 Å². The van der Waals surface area contributed by atoms with Gasteiger partial charge in [0.2, 0.25) is 0 Å². The first kappa shape index (κ1) is 14.6. The molecule has 0 aromatic heterocycles. The highest BCUT2D eigenvalue weighted by atomic mass is 16.6. The summed E-state index contributed by atoms with van der Waals surface area (Å²) in [4.78, 5) is 4.59. The smallest absolute Gasteiger partial charge is 0.161 e. The molecule has 116 valence electrons. The number of benzene rings is 1. The Morgan fingerprint density at radius 3 is 2.76 bits per heavy atom. The van der Waals surface area contributed by atoms with Gasteiger partial charge in [-0.1, -0.05) is 6.07 Å². The van der Waals surface area contributed by atoms with Crippen LogP contribution in [0.5, 0.6) is 11.5 Å². The molecule has 0 amide bonds. The summed E-state index contributed by atoms with van der Waals surface area (Å²) in [5.74, 6) is 1.51. The summed E-state index contributed by atoms with van der Waals surface area (Å²) >= 11 is 0. The molecule has 2 unspecified atom stereocenters. The number of likely N-dealkylation sites (N-methyl/N-ethyl adjacent to an activating group) is 1. The molecule has 0 bridgehead atoms. The van der Waals surface area contributed by atoms with Gasteiger partial charge in [0.25, 0.3) is 0 Å². The molecule has 3 rings (SSSR count). The van der Waals surface area contributed by atoms with Crippen molar-refractivity contribution in [1.29, 1.82) is 0 Å². The SMILES string of the molecule is CN(C)C1CCN(CC(O)c2ccc3c(c2)OCCO3)C1. The molecule has 0 spiro atoms. The van der Waals surface area contributed by atoms with Gasteiger partial charge >= 0.3 is 0 Å². The number of ether oxygens (including phenoxy) is 2. The van der Waals surface area contributed by atoms with Crippen molar-refractivity contribution in [1.82, 2.24) is 9.80 Å². The number of β-amino-alcohol motifs (C(OH)–C–C–N with tert-alkyl or cyclic N) is 1. The average molecular weight is 292 g/mol. The fraction of sp³-hybridized carbons (Fsp3) is 0.625. The molecule has 0 aliphatic carbocycles. The van der Waals surface area contributed by atoms with Crippen LogP contribution < -0.4 is 9.47 Å². The minimum Gasteiger partial charge on any atom is -0.486 e. The molecule has 1 aromatic rings. The molecular formula is C16H24N2O3. The molecule has 2 aliphatic rings. The molecule has 1 aromatic carbocycles. The lowest BCUT2D eigenvalue weighted by Gasteiger charge is -2.24. The van der Waals surface area contributed by atoms with Crippen LogP contribution in [0.15, 0.2) is 18.2 Å².